The summed E-state index contributed by atoms with van der Waals surface area (Å²) in [7, 11) is -3.50. The Morgan fingerprint density at radius 1 is 1.04 bits per heavy atom. The van der Waals surface area contributed by atoms with Crippen LogP contribution in [0.4, 0.5) is 5.69 Å². The first-order chi connectivity index (χ1) is 12.9. The van der Waals surface area contributed by atoms with Crippen molar-refractivity contribution >= 4 is 21.6 Å². The lowest BCUT2D eigenvalue weighted by molar-refractivity contribution is 0.0988. The van der Waals surface area contributed by atoms with Gasteiger partial charge in [0.15, 0.2) is 0 Å². The molecule has 0 spiro atoms. The standard InChI is InChI=1S/C21H26N2O3S/c1-3-23(19-7-5-4-6-8-19)21(24)18-9-11-20(12-10-18)27(25,26)22-15-13-17(2)14-16-22/h4-12,17H,3,13-16H2,1-2H3. The largest absolute Gasteiger partial charge is 0.309 e. The fourth-order valence-electron chi connectivity index (χ4n) is 3.35. The number of piperidine rings is 1. The second-order valence-electron chi connectivity index (χ2n) is 7.00. The molecule has 144 valence electrons. The van der Waals surface area contributed by atoms with Crippen molar-refractivity contribution < 1.29 is 13.2 Å². The van der Waals surface area contributed by atoms with Crippen molar-refractivity contribution in [1.29, 1.82) is 0 Å². The van der Waals surface area contributed by atoms with Crippen molar-refractivity contribution in [3.63, 3.8) is 0 Å². The van der Waals surface area contributed by atoms with Crippen molar-refractivity contribution in [3.8, 4) is 0 Å². The molecule has 1 amide bonds. The molecule has 0 unspecified atom stereocenters. The van der Waals surface area contributed by atoms with E-state index in [1.807, 2.05) is 37.3 Å². The molecular formula is C21H26N2O3S. The summed E-state index contributed by atoms with van der Waals surface area (Å²) in [4.78, 5) is 14.8. The highest BCUT2D eigenvalue weighted by molar-refractivity contribution is 7.89. The Morgan fingerprint density at radius 2 is 1.63 bits per heavy atom. The molecule has 5 nitrogen and oxygen atoms in total. The maximum atomic E-state index is 12.8. The van der Waals surface area contributed by atoms with E-state index in [4.69, 9.17) is 0 Å². The monoisotopic (exact) mass is 386 g/mol. The van der Waals surface area contributed by atoms with Crippen molar-refractivity contribution in [2.75, 3.05) is 24.5 Å². The zero-order valence-electron chi connectivity index (χ0n) is 15.8. The lowest BCUT2D eigenvalue weighted by atomic mass is 10.0. The third-order valence-electron chi connectivity index (χ3n) is 5.11. The van der Waals surface area contributed by atoms with Gasteiger partial charge in [-0.2, -0.15) is 4.31 Å². The van der Waals surface area contributed by atoms with Gasteiger partial charge in [-0.05, 0) is 62.1 Å². The lowest BCUT2D eigenvalue weighted by Crippen LogP contribution is -2.37. The van der Waals surface area contributed by atoms with Crippen LogP contribution in [0.2, 0.25) is 0 Å². The first kappa shape index (κ1) is 19.6. The summed E-state index contributed by atoms with van der Waals surface area (Å²) in [6, 6.07) is 15.7. The number of sulfonamides is 1. The smallest absolute Gasteiger partial charge is 0.258 e. The minimum absolute atomic E-state index is 0.139. The number of rotatable bonds is 5. The molecule has 3 rings (SSSR count). The van der Waals surface area contributed by atoms with Crippen LogP contribution in [0.1, 0.15) is 37.0 Å². The Balaban J connectivity index is 1.79. The highest BCUT2D eigenvalue weighted by Gasteiger charge is 2.28. The predicted molar refractivity (Wildman–Crippen MR) is 107 cm³/mol. The third kappa shape index (κ3) is 4.22. The number of anilines is 1. The molecular weight excluding hydrogens is 360 g/mol. The number of benzene rings is 2. The molecule has 0 N–H and O–H groups in total. The zero-order valence-corrected chi connectivity index (χ0v) is 16.7. The fraction of sp³-hybridized carbons (Fsp3) is 0.381. The summed E-state index contributed by atoms with van der Waals surface area (Å²) in [6.45, 7) is 5.72. The van der Waals surface area contributed by atoms with Gasteiger partial charge < -0.3 is 4.90 Å². The first-order valence-corrected chi connectivity index (χ1v) is 10.8. The van der Waals surface area contributed by atoms with Crippen molar-refractivity contribution in [1.82, 2.24) is 4.31 Å². The fourth-order valence-corrected chi connectivity index (χ4v) is 4.82. The molecule has 1 heterocycles. The van der Waals surface area contributed by atoms with Gasteiger partial charge in [0.2, 0.25) is 10.0 Å². The van der Waals surface area contributed by atoms with Crippen LogP contribution < -0.4 is 4.90 Å². The van der Waals surface area contributed by atoms with E-state index in [0.717, 1.165) is 18.5 Å². The third-order valence-corrected chi connectivity index (χ3v) is 7.02. The number of carbonyl (C=O) groups excluding carboxylic acids is 1. The van der Waals surface area contributed by atoms with E-state index in [2.05, 4.69) is 6.92 Å². The molecule has 2 aromatic rings. The summed E-state index contributed by atoms with van der Waals surface area (Å²) in [5.41, 5.74) is 1.30. The van der Waals surface area contributed by atoms with E-state index in [9.17, 15) is 13.2 Å². The van der Waals surface area contributed by atoms with Crippen LogP contribution in [0.5, 0.6) is 0 Å². The normalized spacial score (nSPS) is 16.2. The number of para-hydroxylation sites is 1. The second-order valence-corrected chi connectivity index (χ2v) is 8.93. The summed E-state index contributed by atoms with van der Waals surface area (Å²) in [5.74, 6) is 0.425. The van der Waals surface area contributed by atoms with Crippen LogP contribution in [0.15, 0.2) is 59.5 Å². The molecule has 0 radical (unpaired) electrons. The van der Waals surface area contributed by atoms with Crippen molar-refractivity contribution in [2.24, 2.45) is 5.92 Å². The topological polar surface area (TPSA) is 57.7 Å². The average Bonchev–Trinajstić information content (AvgIpc) is 2.70. The van der Waals surface area contributed by atoms with Gasteiger partial charge in [-0.3, -0.25) is 4.79 Å². The van der Waals surface area contributed by atoms with E-state index >= 15 is 0 Å². The minimum atomic E-state index is -3.50. The SMILES string of the molecule is CCN(C(=O)c1ccc(S(=O)(=O)N2CCC(C)CC2)cc1)c1ccccc1. The second kappa shape index (κ2) is 8.23. The Kier molecular flexibility index (Phi) is 5.97. The van der Waals surface area contributed by atoms with Crippen LogP contribution in [-0.2, 0) is 10.0 Å². The maximum Gasteiger partial charge on any atom is 0.258 e. The molecule has 1 aliphatic rings. The zero-order chi connectivity index (χ0) is 19.4. The summed E-state index contributed by atoms with van der Waals surface area (Å²) in [5, 5.41) is 0. The van der Waals surface area contributed by atoms with Gasteiger partial charge >= 0.3 is 0 Å². The van der Waals surface area contributed by atoms with E-state index < -0.39 is 10.0 Å². The number of hydrogen-bond donors (Lipinski definition) is 0. The Hall–Kier alpha value is -2.18. The van der Waals surface area contributed by atoms with Crippen molar-refractivity contribution in [2.45, 2.75) is 31.6 Å². The molecule has 0 aromatic heterocycles. The maximum absolute atomic E-state index is 12.8. The van der Waals surface area contributed by atoms with Gasteiger partial charge in [0.05, 0.1) is 4.90 Å². The Morgan fingerprint density at radius 3 is 2.19 bits per heavy atom. The molecule has 0 bridgehead atoms. The first-order valence-electron chi connectivity index (χ1n) is 9.40. The predicted octanol–water partition coefficient (Wildman–Crippen LogP) is 3.77. The highest BCUT2D eigenvalue weighted by atomic mass is 32.2. The molecule has 0 aliphatic carbocycles. The van der Waals surface area contributed by atoms with Crippen LogP contribution in [-0.4, -0.2) is 38.3 Å². The van der Waals surface area contributed by atoms with Crippen LogP contribution in [0, 0.1) is 5.92 Å². The van der Waals surface area contributed by atoms with E-state index in [1.165, 1.54) is 0 Å². The molecule has 27 heavy (non-hydrogen) atoms. The van der Waals surface area contributed by atoms with E-state index in [0.29, 0.717) is 31.1 Å². The summed E-state index contributed by atoms with van der Waals surface area (Å²) < 4.78 is 27.2. The summed E-state index contributed by atoms with van der Waals surface area (Å²) in [6.07, 6.45) is 1.77. The van der Waals surface area contributed by atoms with Gasteiger partial charge in [0.25, 0.3) is 5.91 Å². The molecule has 6 heteroatoms. The molecule has 2 aromatic carbocycles. The Bertz CT molecular complexity index is 871. The molecule has 1 saturated heterocycles. The average molecular weight is 387 g/mol. The summed E-state index contributed by atoms with van der Waals surface area (Å²) >= 11 is 0. The number of amides is 1. The van der Waals surface area contributed by atoms with Crippen molar-refractivity contribution in [3.05, 3.63) is 60.2 Å². The van der Waals surface area contributed by atoms with Crippen LogP contribution in [0.25, 0.3) is 0 Å². The lowest BCUT2D eigenvalue weighted by Gasteiger charge is -2.29. The minimum Gasteiger partial charge on any atom is -0.309 e. The number of carbonyl (C=O) groups is 1. The molecule has 1 aliphatic heterocycles. The van der Waals surface area contributed by atoms with Gasteiger partial charge in [-0.1, -0.05) is 25.1 Å². The van der Waals surface area contributed by atoms with Gasteiger partial charge in [-0.25, -0.2) is 8.42 Å². The van der Waals surface area contributed by atoms with Gasteiger partial charge in [-0.15, -0.1) is 0 Å². The number of hydrogen-bond acceptors (Lipinski definition) is 3. The van der Waals surface area contributed by atoms with Gasteiger partial charge in [0, 0.05) is 30.9 Å². The molecule has 1 fully saturated rings. The van der Waals surface area contributed by atoms with Crippen LogP contribution in [0.3, 0.4) is 0 Å². The highest BCUT2D eigenvalue weighted by Crippen LogP contribution is 2.24. The Labute approximate surface area is 161 Å². The van der Waals surface area contributed by atoms with Gasteiger partial charge in [0.1, 0.15) is 0 Å². The molecule has 0 atom stereocenters. The molecule has 0 saturated carbocycles. The van der Waals surface area contributed by atoms with E-state index in [1.54, 1.807) is 33.5 Å². The van der Waals surface area contributed by atoms with Crippen LogP contribution >= 0.6 is 0 Å². The van der Waals surface area contributed by atoms with E-state index in [-0.39, 0.29) is 10.8 Å². The number of nitrogens with zero attached hydrogens (tertiary/aromatic N) is 2. The quantitative estimate of drug-likeness (QED) is 0.786.